The first-order valence-electron chi connectivity index (χ1n) is 9.45. The van der Waals surface area contributed by atoms with Crippen molar-refractivity contribution >= 4 is 29.9 Å². The Kier molecular flexibility index (Phi) is 9.04. The molecule has 154 valence electrons. The lowest BCUT2D eigenvalue weighted by Crippen LogP contribution is -2.41. The second-order valence-electron chi connectivity index (χ2n) is 6.73. The molecule has 2 aromatic rings. The molecule has 1 unspecified atom stereocenters. The van der Waals surface area contributed by atoms with E-state index in [0.29, 0.717) is 12.5 Å². The molecule has 1 saturated heterocycles. The van der Waals surface area contributed by atoms with Crippen molar-refractivity contribution in [1.29, 1.82) is 0 Å². The Morgan fingerprint density at radius 1 is 1.36 bits per heavy atom. The highest BCUT2D eigenvalue weighted by molar-refractivity contribution is 14.0. The number of halogens is 1. The van der Waals surface area contributed by atoms with Crippen LogP contribution in [0.3, 0.4) is 0 Å². The third-order valence-corrected chi connectivity index (χ3v) is 4.62. The number of nitrogens with zero attached hydrogens (tertiary/aromatic N) is 4. The van der Waals surface area contributed by atoms with Gasteiger partial charge in [0.15, 0.2) is 5.96 Å². The molecule has 1 aliphatic heterocycles. The fourth-order valence-electron chi connectivity index (χ4n) is 3.15. The maximum Gasteiger partial charge on any atom is 0.194 e. The number of aromatic nitrogens is 2. The average Bonchev–Trinajstić information content (AvgIpc) is 3.37. The van der Waals surface area contributed by atoms with Gasteiger partial charge in [0.25, 0.3) is 0 Å². The quantitative estimate of drug-likeness (QED) is 0.361. The molecule has 0 radical (unpaired) electrons. The molecule has 1 atom stereocenters. The molecule has 28 heavy (non-hydrogen) atoms. The van der Waals surface area contributed by atoms with Gasteiger partial charge in [0.2, 0.25) is 0 Å². The molecule has 3 rings (SSSR count). The van der Waals surface area contributed by atoms with Crippen molar-refractivity contribution in [1.82, 2.24) is 20.0 Å². The minimum absolute atomic E-state index is 0. The topological polar surface area (TPSA) is 63.9 Å². The molecule has 2 heterocycles. The molecule has 0 amide bonds. The minimum atomic E-state index is 0. The van der Waals surface area contributed by atoms with Gasteiger partial charge in [-0.3, -0.25) is 0 Å². The Labute approximate surface area is 184 Å². The van der Waals surface area contributed by atoms with Gasteiger partial charge in [0, 0.05) is 38.9 Å². The molecule has 1 fully saturated rings. The number of hydrogen-bond donors (Lipinski definition) is 1. The van der Waals surface area contributed by atoms with Crippen LogP contribution < -0.4 is 10.1 Å². The van der Waals surface area contributed by atoms with Gasteiger partial charge in [0.05, 0.1) is 31.6 Å². The van der Waals surface area contributed by atoms with Gasteiger partial charge in [0.1, 0.15) is 5.75 Å². The van der Waals surface area contributed by atoms with Crippen LogP contribution in [0.15, 0.2) is 41.5 Å². The first kappa shape index (κ1) is 22.5. The summed E-state index contributed by atoms with van der Waals surface area (Å²) in [5.41, 5.74) is 1.93. The van der Waals surface area contributed by atoms with Crippen LogP contribution >= 0.6 is 24.0 Å². The molecule has 8 heteroatoms. The number of benzene rings is 1. The van der Waals surface area contributed by atoms with Crippen LogP contribution in [0.1, 0.15) is 19.0 Å². The van der Waals surface area contributed by atoms with E-state index in [0.717, 1.165) is 55.8 Å². The highest BCUT2D eigenvalue weighted by atomic mass is 127. The second kappa shape index (κ2) is 11.3. The zero-order valence-electron chi connectivity index (χ0n) is 16.8. The van der Waals surface area contributed by atoms with Crippen LogP contribution in [-0.4, -0.2) is 61.1 Å². The predicted octanol–water partition coefficient (Wildman–Crippen LogP) is 2.93. The van der Waals surface area contributed by atoms with Gasteiger partial charge in [-0.1, -0.05) is 0 Å². The average molecular weight is 499 g/mol. The van der Waals surface area contributed by atoms with Gasteiger partial charge >= 0.3 is 0 Å². The molecule has 0 aliphatic carbocycles. The fraction of sp³-hybridized carbons (Fsp3) is 0.500. The number of ether oxygens (including phenoxy) is 2. The maximum atomic E-state index is 5.48. The van der Waals surface area contributed by atoms with Crippen molar-refractivity contribution in [3.63, 3.8) is 0 Å². The van der Waals surface area contributed by atoms with Crippen molar-refractivity contribution in [2.45, 2.75) is 19.9 Å². The summed E-state index contributed by atoms with van der Waals surface area (Å²) in [5, 5.41) is 8.00. The van der Waals surface area contributed by atoms with E-state index in [-0.39, 0.29) is 24.0 Å². The van der Waals surface area contributed by atoms with Gasteiger partial charge in [-0.2, -0.15) is 5.10 Å². The number of guanidine groups is 1. The third-order valence-electron chi connectivity index (χ3n) is 4.62. The van der Waals surface area contributed by atoms with Crippen molar-refractivity contribution in [3.8, 4) is 11.4 Å². The van der Waals surface area contributed by atoms with E-state index in [1.54, 1.807) is 7.11 Å². The largest absolute Gasteiger partial charge is 0.497 e. The molecule has 0 bridgehead atoms. The van der Waals surface area contributed by atoms with E-state index in [4.69, 9.17) is 14.5 Å². The van der Waals surface area contributed by atoms with Crippen LogP contribution in [0, 0.1) is 5.92 Å². The highest BCUT2D eigenvalue weighted by Gasteiger charge is 2.19. The van der Waals surface area contributed by atoms with E-state index in [1.165, 1.54) is 0 Å². The zero-order valence-corrected chi connectivity index (χ0v) is 19.1. The van der Waals surface area contributed by atoms with E-state index >= 15 is 0 Å². The lowest BCUT2D eigenvalue weighted by Gasteiger charge is -2.24. The number of hydrogen-bond acceptors (Lipinski definition) is 4. The van der Waals surface area contributed by atoms with Crippen LogP contribution in [-0.2, 0) is 11.3 Å². The third kappa shape index (κ3) is 6.10. The summed E-state index contributed by atoms with van der Waals surface area (Å²) in [7, 11) is 3.74. The molecule has 1 aliphatic rings. The van der Waals surface area contributed by atoms with Crippen molar-refractivity contribution in [3.05, 3.63) is 42.2 Å². The zero-order chi connectivity index (χ0) is 19.1. The normalized spacial score (nSPS) is 16.5. The van der Waals surface area contributed by atoms with Crippen molar-refractivity contribution in [2.24, 2.45) is 10.9 Å². The molecule has 1 aromatic carbocycles. The smallest absolute Gasteiger partial charge is 0.194 e. The van der Waals surface area contributed by atoms with Crippen LogP contribution in [0.2, 0.25) is 0 Å². The number of nitrogens with one attached hydrogen (secondary N) is 1. The molecule has 7 nitrogen and oxygen atoms in total. The summed E-state index contributed by atoms with van der Waals surface area (Å²) in [6, 6.07) is 9.84. The first-order chi connectivity index (χ1) is 13.2. The lowest BCUT2D eigenvalue weighted by atomic mass is 10.1. The summed E-state index contributed by atoms with van der Waals surface area (Å²) < 4.78 is 12.5. The van der Waals surface area contributed by atoms with E-state index in [2.05, 4.69) is 29.3 Å². The van der Waals surface area contributed by atoms with Gasteiger partial charge in [-0.05, 0) is 43.7 Å². The number of rotatable bonds is 7. The Balaban J connectivity index is 0.00000280. The molecule has 0 spiro atoms. The van der Waals surface area contributed by atoms with Crippen LogP contribution in [0.25, 0.3) is 5.69 Å². The monoisotopic (exact) mass is 499 g/mol. The van der Waals surface area contributed by atoms with Crippen LogP contribution in [0.4, 0.5) is 0 Å². The Hall–Kier alpha value is -1.81. The Bertz CT molecular complexity index is 741. The Morgan fingerprint density at radius 3 is 2.79 bits per heavy atom. The maximum absolute atomic E-state index is 5.48. The molecule has 0 saturated carbocycles. The molecule has 1 aromatic heterocycles. The number of aliphatic imine (C=N–C) groups is 1. The summed E-state index contributed by atoms with van der Waals surface area (Å²) in [5.74, 6) is 2.32. The fourth-order valence-corrected chi connectivity index (χ4v) is 3.15. The summed E-state index contributed by atoms with van der Waals surface area (Å²) in [6.45, 7) is 6.12. The van der Waals surface area contributed by atoms with Gasteiger partial charge in [-0.15, -0.1) is 24.0 Å². The highest BCUT2D eigenvalue weighted by Crippen LogP contribution is 2.15. The second-order valence-corrected chi connectivity index (χ2v) is 6.73. The molecule has 1 N–H and O–H groups in total. The summed E-state index contributed by atoms with van der Waals surface area (Å²) >= 11 is 0. The van der Waals surface area contributed by atoms with E-state index in [1.807, 2.05) is 41.2 Å². The molecular weight excluding hydrogens is 469 g/mol. The number of methoxy groups -OCH3 is 1. The predicted molar refractivity (Wildman–Crippen MR) is 122 cm³/mol. The SMILES string of the molecule is CCNC(=NCc1ccn(-c2ccc(OC)cc2)n1)N(C)CC1CCOC1.I. The van der Waals surface area contributed by atoms with E-state index in [9.17, 15) is 0 Å². The van der Waals surface area contributed by atoms with Gasteiger partial charge in [-0.25, -0.2) is 9.67 Å². The van der Waals surface area contributed by atoms with Crippen LogP contribution in [0.5, 0.6) is 5.75 Å². The summed E-state index contributed by atoms with van der Waals surface area (Å²) in [6.07, 6.45) is 3.08. The lowest BCUT2D eigenvalue weighted by molar-refractivity contribution is 0.181. The van der Waals surface area contributed by atoms with E-state index < -0.39 is 0 Å². The molecular formula is C20H30IN5O2. The summed E-state index contributed by atoms with van der Waals surface area (Å²) in [4.78, 5) is 6.94. The standard InChI is InChI=1S/C20H29N5O2.HI/c1-4-21-20(24(2)14-16-10-12-27-15-16)22-13-17-9-11-25(23-17)18-5-7-19(26-3)8-6-18;/h5-9,11,16H,4,10,12-15H2,1-3H3,(H,21,22);1H. The van der Waals surface area contributed by atoms with Crippen molar-refractivity contribution in [2.75, 3.05) is 40.5 Å². The first-order valence-corrected chi connectivity index (χ1v) is 9.45. The minimum Gasteiger partial charge on any atom is -0.497 e. The Morgan fingerprint density at radius 2 is 2.14 bits per heavy atom. The van der Waals surface area contributed by atoms with Crippen molar-refractivity contribution < 1.29 is 9.47 Å². The van der Waals surface area contributed by atoms with Gasteiger partial charge < -0.3 is 19.7 Å².